The summed E-state index contributed by atoms with van der Waals surface area (Å²) >= 11 is 0. The van der Waals surface area contributed by atoms with E-state index >= 15 is 0 Å². The van der Waals surface area contributed by atoms with Crippen molar-refractivity contribution in [3.63, 3.8) is 0 Å². The van der Waals surface area contributed by atoms with Gasteiger partial charge in [-0.25, -0.2) is 0 Å². The fourth-order valence-corrected chi connectivity index (χ4v) is 2.50. The summed E-state index contributed by atoms with van der Waals surface area (Å²) in [6.45, 7) is 11.8. The Balaban J connectivity index is 3.74. The van der Waals surface area contributed by atoms with Gasteiger partial charge in [0.2, 0.25) is 0 Å². The normalized spacial score (nSPS) is 17.4. The molecule has 0 saturated heterocycles. The van der Waals surface area contributed by atoms with Gasteiger partial charge in [-0.1, -0.05) is 66.7 Å². The van der Waals surface area contributed by atoms with Crippen LogP contribution in [0.1, 0.15) is 79.6 Å². The zero-order valence-electron chi connectivity index (χ0n) is 11.7. The molecule has 92 valence electrons. The van der Waals surface area contributed by atoms with Gasteiger partial charge in [-0.2, -0.15) is 0 Å². The van der Waals surface area contributed by atoms with Gasteiger partial charge in [0.15, 0.2) is 0 Å². The van der Waals surface area contributed by atoms with Crippen LogP contribution >= 0.6 is 0 Å². The summed E-state index contributed by atoms with van der Waals surface area (Å²) in [4.78, 5) is 0. The first-order valence-corrected chi connectivity index (χ1v) is 7.13. The minimum Gasteiger partial charge on any atom is -0.0654 e. The second-order valence-electron chi connectivity index (χ2n) is 5.51. The highest BCUT2D eigenvalue weighted by molar-refractivity contribution is 4.65. The van der Waals surface area contributed by atoms with Crippen LogP contribution in [-0.2, 0) is 0 Å². The molecule has 0 aliphatic carbocycles. The van der Waals surface area contributed by atoms with Gasteiger partial charge in [-0.05, 0) is 30.6 Å². The Labute approximate surface area is 97.8 Å². The predicted molar refractivity (Wildman–Crippen MR) is 71.2 cm³/mol. The van der Waals surface area contributed by atoms with E-state index in [1.807, 2.05) is 0 Å². The SMILES string of the molecule is CCCCC(CC)CC(C)CC(C)CC. The van der Waals surface area contributed by atoms with Crippen molar-refractivity contribution in [1.82, 2.24) is 0 Å². The van der Waals surface area contributed by atoms with Crippen molar-refractivity contribution >= 4 is 0 Å². The molecule has 0 nitrogen and oxygen atoms in total. The van der Waals surface area contributed by atoms with E-state index in [1.54, 1.807) is 0 Å². The molecule has 0 aromatic heterocycles. The highest BCUT2D eigenvalue weighted by Crippen LogP contribution is 2.26. The first-order chi connectivity index (χ1) is 7.13. The lowest BCUT2D eigenvalue weighted by atomic mass is 9.85. The maximum Gasteiger partial charge on any atom is -0.0414 e. The fourth-order valence-electron chi connectivity index (χ4n) is 2.50. The second-order valence-corrected chi connectivity index (χ2v) is 5.51. The number of hydrogen-bond donors (Lipinski definition) is 0. The van der Waals surface area contributed by atoms with Gasteiger partial charge in [0.1, 0.15) is 0 Å². The molecule has 0 fully saturated rings. The summed E-state index contributed by atoms with van der Waals surface area (Å²) in [5.41, 5.74) is 0. The van der Waals surface area contributed by atoms with E-state index in [0.717, 1.165) is 17.8 Å². The highest BCUT2D eigenvalue weighted by atomic mass is 14.2. The predicted octanol–water partition coefficient (Wildman–Crippen LogP) is 5.67. The number of rotatable bonds is 9. The van der Waals surface area contributed by atoms with Crippen LogP contribution in [0.3, 0.4) is 0 Å². The number of hydrogen-bond acceptors (Lipinski definition) is 0. The van der Waals surface area contributed by atoms with Crippen molar-refractivity contribution in [2.75, 3.05) is 0 Å². The molecule has 0 rings (SSSR count). The van der Waals surface area contributed by atoms with E-state index in [4.69, 9.17) is 0 Å². The molecule has 0 aromatic rings. The lowest BCUT2D eigenvalue weighted by molar-refractivity contribution is 0.306. The van der Waals surface area contributed by atoms with Gasteiger partial charge in [0, 0.05) is 0 Å². The maximum absolute atomic E-state index is 2.45. The second kappa shape index (κ2) is 9.24. The lowest BCUT2D eigenvalue weighted by Gasteiger charge is -2.21. The minimum absolute atomic E-state index is 0.920. The molecule has 0 radical (unpaired) electrons. The third kappa shape index (κ3) is 7.88. The van der Waals surface area contributed by atoms with Gasteiger partial charge >= 0.3 is 0 Å². The monoisotopic (exact) mass is 212 g/mol. The molecule has 0 aliphatic rings. The van der Waals surface area contributed by atoms with E-state index in [0.29, 0.717) is 0 Å². The Morgan fingerprint density at radius 2 is 1.47 bits per heavy atom. The molecular formula is C15H32. The lowest BCUT2D eigenvalue weighted by Crippen LogP contribution is -2.09. The number of unbranched alkanes of at least 4 members (excludes halogenated alkanes) is 1. The molecule has 0 aliphatic heterocycles. The van der Waals surface area contributed by atoms with Crippen molar-refractivity contribution < 1.29 is 0 Å². The largest absolute Gasteiger partial charge is 0.0654 e. The van der Waals surface area contributed by atoms with Crippen LogP contribution in [0.25, 0.3) is 0 Å². The topological polar surface area (TPSA) is 0 Å². The average Bonchev–Trinajstić information content (AvgIpc) is 2.23. The van der Waals surface area contributed by atoms with Crippen LogP contribution in [0, 0.1) is 17.8 Å². The third-order valence-corrected chi connectivity index (χ3v) is 3.78. The molecule has 0 amide bonds. The Kier molecular flexibility index (Phi) is 9.24. The van der Waals surface area contributed by atoms with Crippen LogP contribution < -0.4 is 0 Å². The van der Waals surface area contributed by atoms with E-state index in [-0.39, 0.29) is 0 Å². The first-order valence-electron chi connectivity index (χ1n) is 7.13. The van der Waals surface area contributed by atoms with Crippen LogP contribution in [0.15, 0.2) is 0 Å². The third-order valence-electron chi connectivity index (χ3n) is 3.78. The Morgan fingerprint density at radius 3 is 1.93 bits per heavy atom. The minimum atomic E-state index is 0.920. The summed E-state index contributed by atoms with van der Waals surface area (Å²) in [7, 11) is 0. The molecule has 0 heterocycles. The van der Waals surface area contributed by atoms with Gasteiger partial charge in [0.25, 0.3) is 0 Å². The van der Waals surface area contributed by atoms with Crippen LogP contribution in [-0.4, -0.2) is 0 Å². The van der Waals surface area contributed by atoms with E-state index in [9.17, 15) is 0 Å². The summed E-state index contributed by atoms with van der Waals surface area (Å²) in [5.74, 6) is 2.84. The highest BCUT2D eigenvalue weighted by Gasteiger charge is 2.13. The quantitative estimate of drug-likeness (QED) is 0.462. The smallest absolute Gasteiger partial charge is 0.0414 e. The van der Waals surface area contributed by atoms with Crippen LogP contribution in [0.4, 0.5) is 0 Å². The molecule has 3 atom stereocenters. The zero-order valence-corrected chi connectivity index (χ0v) is 11.7. The molecule has 15 heavy (non-hydrogen) atoms. The van der Waals surface area contributed by atoms with E-state index in [2.05, 4.69) is 34.6 Å². The molecule has 0 heteroatoms. The molecular weight excluding hydrogens is 180 g/mol. The Morgan fingerprint density at radius 1 is 0.800 bits per heavy atom. The molecule has 0 aromatic carbocycles. The summed E-state index contributed by atoms with van der Waals surface area (Å²) < 4.78 is 0. The summed E-state index contributed by atoms with van der Waals surface area (Å²) in [5, 5.41) is 0. The zero-order chi connectivity index (χ0) is 11.7. The summed E-state index contributed by atoms with van der Waals surface area (Å²) in [6.07, 6.45) is 9.85. The van der Waals surface area contributed by atoms with Crippen molar-refractivity contribution in [3.05, 3.63) is 0 Å². The average molecular weight is 212 g/mol. The Hall–Kier alpha value is 0. The molecule has 3 unspecified atom stereocenters. The van der Waals surface area contributed by atoms with Gasteiger partial charge < -0.3 is 0 Å². The fraction of sp³-hybridized carbons (Fsp3) is 1.00. The van der Waals surface area contributed by atoms with Crippen LogP contribution in [0.2, 0.25) is 0 Å². The Bertz CT molecular complexity index is 128. The molecule has 0 spiro atoms. The molecule has 0 bridgehead atoms. The van der Waals surface area contributed by atoms with E-state index < -0.39 is 0 Å². The standard InChI is InChI=1S/C15H32/c1-6-9-10-15(8-3)12-14(5)11-13(4)7-2/h13-15H,6-12H2,1-5H3. The summed E-state index contributed by atoms with van der Waals surface area (Å²) in [6, 6.07) is 0. The van der Waals surface area contributed by atoms with Gasteiger partial charge in [0.05, 0.1) is 0 Å². The van der Waals surface area contributed by atoms with Crippen molar-refractivity contribution in [2.45, 2.75) is 79.6 Å². The van der Waals surface area contributed by atoms with Gasteiger partial charge in [-0.15, -0.1) is 0 Å². The molecule has 0 N–H and O–H groups in total. The van der Waals surface area contributed by atoms with Gasteiger partial charge in [-0.3, -0.25) is 0 Å². The van der Waals surface area contributed by atoms with Crippen molar-refractivity contribution in [2.24, 2.45) is 17.8 Å². The van der Waals surface area contributed by atoms with Crippen molar-refractivity contribution in [1.29, 1.82) is 0 Å². The maximum atomic E-state index is 2.45. The van der Waals surface area contributed by atoms with Crippen molar-refractivity contribution in [3.8, 4) is 0 Å². The first kappa shape index (κ1) is 15.0. The van der Waals surface area contributed by atoms with Crippen LogP contribution in [0.5, 0.6) is 0 Å². The van der Waals surface area contributed by atoms with E-state index in [1.165, 1.54) is 44.9 Å². The molecule has 0 saturated carbocycles.